The number of carbonyl (C=O) groups is 1. The quantitative estimate of drug-likeness (QED) is 0.219. The summed E-state index contributed by atoms with van der Waals surface area (Å²) < 4.78 is 48.6. The second kappa shape index (κ2) is 9.18. The van der Waals surface area contributed by atoms with Crippen molar-refractivity contribution in [1.82, 2.24) is 0 Å². The van der Waals surface area contributed by atoms with Crippen LogP contribution in [0.1, 0.15) is 27.0 Å². The summed E-state index contributed by atoms with van der Waals surface area (Å²) in [5, 5.41) is 9.45. The maximum absolute atomic E-state index is 12.7. The molecule has 0 radical (unpaired) electrons. The van der Waals surface area contributed by atoms with Gasteiger partial charge in [0, 0.05) is 0 Å². The number of alkyl halides is 3. The Kier molecular flexibility index (Phi) is 6.41. The minimum absolute atomic E-state index is 0.0325. The lowest BCUT2D eigenvalue weighted by molar-refractivity contribution is -0.137. The Morgan fingerprint density at radius 2 is 1.61 bits per heavy atom. The summed E-state index contributed by atoms with van der Waals surface area (Å²) in [6.45, 7) is 0. The molecule has 0 atom stereocenters. The predicted molar refractivity (Wildman–Crippen MR) is 109 cm³/mol. The molecule has 3 aromatic rings. The number of hydrogen-bond acceptors (Lipinski definition) is 4. The lowest BCUT2D eigenvalue weighted by Gasteiger charge is -2.11. The molecule has 0 bridgehead atoms. The number of rotatable bonds is 5. The van der Waals surface area contributed by atoms with E-state index in [2.05, 4.69) is 6.07 Å². The number of esters is 1. The van der Waals surface area contributed by atoms with Crippen LogP contribution in [0.2, 0.25) is 0 Å². The molecule has 0 fully saturated rings. The molecule has 0 amide bonds. The van der Waals surface area contributed by atoms with Crippen LogP contribution in [0.25, 0.3) is 11.6 Å². The molecule has 156 valence electrons. The number of carbonyl (C=O) groups excluding carboxylic acids is 1. The van der Waals surface area contributed by atoms with Gasteiger partial charge < -0.3 is 9.47 Å². The van der Waals surface area contributed by atoms with Crippen molar-refractivity contribution in [1.29, 1.82) is 5.26 Å². The van der Waals surface area contributed by atoms with Gasteiger partial charge in [0.25, 0.3) is 0 Å². The SMILES string of the molecule is COc1cc(/C=C(/C#N)c2ccccc2)ccc1OC(=O)c1ccc(C(F)(F)F)cc1. The summed E-state index contributed by atoms with van der Waals surface area (Å²) in [7, 11) is 1.39. The monoisotopic (exact) mass is 423 g/mol. The number of methoxy groups -OCH3 is 1. The van der Waals surface area contributed by atoms with Gasteiger partial charge in [0.2, 0.25) is 0 Å². The van der Waals surface area contributed by atoms with Gasteiger partial charge in [-0.2, -0.15) is 18.4 Å². The molecule has 4 nitrogen and oxygen atoms in total. The van der Waals surface area contributed by atoms with Crippen molar-refractivity contribution in [2.45, 2.75) is 6.18 Å². The number of benzene rings is 3. The Morgan fingerprint density at radius 1 is 0.935 bits per heavy atom. The number of ether oxygens (including phenoxy) is 2. The van der Waals surface area contributed by atoms with Crippen LogP contribution in [-0.4, -0.2) is 13.1 Å². The molecule has 3 rings (SSSR count). The summed E-state index contributed by atoms with van der Waals surface area (Å²) in [5.41, 5.74) is 0.949. The second-order valence-corrected chi connectivity index (χ2v) is 6.41. The molecule has 0 aliphatic heterocycles. The van der Waals surface area contributed by atoms with Crippen molar-refractivity contribution in [3.63, 3.8) is 0 Å². The first kappa shape index (κ1) is 21.7. The molecule has 0 aliphatic carbocycles. The molecule has 0 heterocycles. The summed E-state index contributed by atoms with van der Waals surface area (Å²) in [6, 6.07) is 19.7. The first-order valence-corrected chi connectivity index (χ1v) is 9.06. The highest BCUT2D eigenvalue weighted by molar-refractivity contribution is 5.92. The first-order valence-electron chi connectivity index (χ1n) is 9.06. The number of nitrogens with zero attached hydrogens (tertiary/aromatic N) is 1. The van der Waals surface area contributed by atoms with E-state index in [-0.39, 0.29) is 17.1 Å². The molecule has 0 saturated heterocycles. The molecule has 0 aliphatic rings. The van der Waals surface area contributed by atoms with Crippen LogP contribution in [0, 0.1) is 11.3 Å². The normalized spacial score (nSPS) is 11.5. The van der Waals surface area contributed by atoms with E-state index in [0.717, 1.165) is 29.8 Å². The Balaban J connectivity index is 1.82. The number of hydrogen-bond donors (Lipinski definition) is 0. The Morgan fingerprint density at radius 3 is 2.19 bits per heavy atom. The van der Waals surface area contributed by atoms with Crippen LogP contribution >= 0.6 is 0 Å². The third-order valence-electron chi connectivity index (χ3n) is 4.35. The van der Waals surface area contributed by atoms with Crippen molar-refractivity contribution in [3.05, 3.63) is 95.1 Å². The summed E-state index contributed by atoms with van der Waals surface area (Å²) >= 11 is 0. The molecule has 0 aromatic heterocycles. The third kappa shape index (κ3) is 5.31. The van der Waals surface area contributed by atoms with Crippen LogP contribution in [0.4, 0.5) is 13.2 Å². The Bertz CT molecular complexity index is 1150. The smallest absolute Gasteiger partial charge is 0.416 e. The first-order chi connectivity index (χ1) is 14.8. The fraction of sp³-hybridized carbons (Fsp3) is 0.0833. The summed E-state index contributed by atoms with van der Waals surface area (Å²) in [6.07, 6.45) is -2.82. The average molecular weight is 423 g/mol. The van der Waals surface area contributed by atoms with Gasteiger partial charge in [-0.05, 0) is 53.6 Å². The zero-order valence-electron chi connectivity index (χ0n) is 16.3. The van der Waals surface area contributed by atoms with Crippen LogP contribution in [0.3, 0.4) is 0 Å². The second-order valence-electron chi connectivity index (χ2n) is 6.41. The molecule has 0 saturated carbocycles. The molecule has 0 unspecified atom stereocenters. The van der Waals surface area contributed by atoms with E-state index in [0.29, 0.717) is 11.1 Å². The molecule has 7 heteroatoms. The van der Waals surface area contributed by atoms with Gasteiger partial charge in [0.15, 0.2) is 11.5 Å². The van der Waals surface area contributed by atoms with Gasteiger partial charge in [-0.1, -0.05) is 36.4 Å². The van der Waals surface area contributed by atoms with E-state index in [9.17, 15) is 23.2 Å². The molecule has 31 heavy (non-hydrogen) atoms. The molecule has 0 spiro atoms. The molecular formula is C24H16F3NO3. The average Bonchev–Trinajstić information content (AvgIpc) is 2.78. The summed E-state index contributed by atoms with van der Waals surface area (Å²) in [5.74, 6) is -0.487. The van der Waals surface area contributed by atoms with Gasteiger partial charge in [-0.15, -0.1) is 0 Å². The van der Waals surface area contributed by atoms with Crippen LogP contribution < -0.4 is 9.47 Å². The van der Waals surface area contributed by atoms with E-state index in [4.69, 9.17) is 9.47 Å². The highest BCUT2D eigenvalue weighted by Crippen LogP contribution is 2.32. The van der Waals surface area contributed by atoms with Crippen molar-refractivity contribution >= 4 is 17.6 Å². The largest absolute Gasteiger partial charge is 0.493 e. The van der Waals surface area contributed by atoms with Crippen molar-refractivity contribution in [2.24, 2.45) is 0 Å². The maximum Gasteiger partial charge on any atom is 0.416 e. The maximum atomic E-state index is 12.7. The molecule has 3 aromatic carbocycles. The zero-order chi connectivity index (χ0) is 22.4. The topological polar surface area (TPSA) is 59.3 Å². The van der Waals surface area contributed by atoms with Crippen LogP contribution in [-0.2, 0) is 6.18 Å². The van der Waals surface area contributed by atoms with Crippen molar-refractivity contribution in [2.75, 3.05) is 7.11 Å². The van der Waals surface area contributed by atoms with E-state index in [1.807, 2.05) is 30.3 Å². The fourth-order valence-corrected chi connectivity index (χ4v) is 2.78. The fourth-order valence-electron chi connectivity index (χ4n) is 2.78. The van der Waals surface area contributed by atoms with E-state index < -0.39 is 17.7 Å². The lowest BCUT2D eigenvalue weighted by Crippen LogP contribution is -2.11. The minimum Gasteiger partial charge on any atom is -0.493 e. The number of nitriles is 1. The Hall–Kier alpha value is -4.05. The van der Waals surface area contributed by atoms with Crippen LogP contribution in [0.15, 0.2) is 72.8 Å². The van der Waals surface area contributed by atoms with E-state index in [1.54, 1.807) is 18.2 Å². The van der Waals surface area contributed by atoms with Gasteiger partial charge in [0.1, 0.15) is 0 Å². The highest BCUT2D eigenvalue weighted by atomic mass is 19.4. The van der Waals surface area contributed by atoms with Crippen molar-refractivity contribution < 1.29 is 27.4 Å². The molecular weight excluding hydrogens is 407 g/mol. The summed E-state index contributed by atoms with van der Waals surface area (Å²) in [4.78, 5) is 12.3. The number of halogens is 3. The number of allylic oxidation sites excluding steroid dienone is 1. The van der Waals surface area contributed by atoms with Crippen LogP contribution in [0.5, 0.6) is 11.5 Å². The van der Waals surface area contributed by atoms with Gasteiger partial charge in [0.05, 0.1) is 29.9 Å². The van der Waals surface area contributed by atoms with E-state index >= 15 is 0 Å². The third-order valence-corrected chi connectivity index (χ3v) is 4.35. The molecule has 0 N–H and O–H groups in total. The van der Waals surface area contributed by atoms with Gasteiger partial charge in [-0.3, -0.25) is 0 Å². The predicted octanol–water partition coefficient (Wildman–Crippen LogP) is 6.00. The standard InChI is InChI=1S/C24H16F3NO3/c1-30-22-14-16(13-19(15-28)17-5-3-2-4-6-17)7-12-21(22)31-23(29)18-8-10-20(11-9-18)24(25,26)27/h2-14H,1H3/b19-13-. The minimum atomic E-state index is -4.49. The Labute approximate surface area is 176 Å². The van der Waals surface area contributed by atoms with Crippen molar-refractivity contribution in [3.8, 4) is 17.6 Å². The lowest BCUT2D eigenvalue weighted by atomic mass is 10.0. The van der Waals surface area contributed by atoms with Gasteiger partial charge >= 0.3 is 12.1 Å². The highest BCUT2D eigenvalue weighted by Gasteiger charge is 2.30. The zero-order valence-corrected chi connectivity index (χ0v) is 16.3. The van der Waals surface area contributed by atoms with E-state index in [1.165, 1.54) is 13.2 Å². The van der Waals surface area contributed by atoms with Gasteiger partial charge in [-0.25, -0.2) is 4.79 Å².